The minimum Gasteiger partial charge on any atom is -0.493 e. The molecular weight excluding hydrogens is 336 g/mol. The zero-order valence-corrected chi connectivity index (χ0v) is 14.9. The van der Waals surface area contributed by atoms with Crippen molar-refractivity contribution in [3.8, 4) is 28.8 Å². The highest BCUT2D eigenvalue weighted by atomic mass is 32.1. The fourth-order valence-electron chi connectivity index (χ4n) is 2.34. The van der Waals surface area contributed by atoms with Crippen molar-refractivity contribution in [1.82, 2.24) is 4.98 Å². The first-order valence-electron chi connectivity index (χ1n) is 7.51. The smallest absolute Gasteiger partial charge is 0.161 e. The number of thiazole rings is 1. The number of ether oxygens (including phenoxy) is 2. The zero-order chi connectivity index (χ0) is 17.8. The van der Waals surface area contributed by atoms with Gasteiger partial charge < -0.3 is 13.9 Å². The van der Waals surface area contributed by atoms with E-state index in [0.717, 1.165) is 17.0 Å². The molecule has 0 bridgehead atoms. The molecule has 126 valence electrons. The van der Waals surface area contributed by atoms with Crippen molar-refractivity contribution in [3.05, 3.63) is 52.2 Å². The Kier molecular flexibility index (Phi) is 4.87. The second kappa shape index (κ2) is 7.24. The fourth-order valence-corrected chi connectivity index (χ4v) is 3.14. The van der Waals surface area contributed by atoms with Crippen molar-refractivity contribution in [2.45, 2.75) is 6.92 Å². The lowest BCUT2D eigenvalue weighted by Crippen LogP contribution is -1.91. The van der Waals surface area contributed by atoms with Crippen LogP contribution in [-0.2, 0) is 0 Å². The van der Waals surface area contributed by atoms with Crippen molar-refractivity contribution >= 4 is 23.0 Å². The van der Waals surface area contributed by atoms with Crippen molar-refractivity contribution in [3.63, 3.8) is 0 Å². The van der Waals surface area contributed by atoms with E-state index in [-0.39, 0.29) is 0 Å². The van der Waals surface area contributed by atoms with E-state index < -0.39 is 0 Å². The molecule has 0 unspecified atom stereocenters. The second-order valence-corrected chi connectivity index (χ2v) is 6.08. The van der Waals surface area contributed by atoms with Crippen LogP contribution in [0.15, 0.2) is 40.1 Å². The van der Waals surface area contributed by atoms with Crippen LogP contribution in [0.2, 0.25) is 0 Å². The maximum Gasteiger partial charge on any atom is 0.161 e. The predicted octanol–water partition coefficient (Wildman–Crippen LogP) is 4.79. The monoisotopic (exact) mass is 352 g/mol. The van der Waals surface area contributed by atoms with Crippen molar-refractivity contribution < 1.29 is 13.9 Å². The lowest BCUT2D eigenvalue weighted by atomic mass is 10.1. The molecule has 2 aromatic heterocycles. The standard InChI is InChI=1S/C19H16N2O3S/c1-12-4-6-15(24-12)8-14(10-20)19-21-16(11-25-19)13-5-7-17(22-2)18(9-13)23-3/h4-9,11H,1-3H3/b14-8-. The van der Waals surface area contributed by atoms with Gasteiger partial charge in [0.25, 0.3) is 0 Å². The molecule has 6 heteroatoms. The van der Waals surface area contributed by atoms with E-state index >= 15 is 0 Å². The number of aromatic nitrogens is 1. The van der Waals surface area contributed by atoms with Crippen LogP contribution in [0.1, 0.15) is 16.5 Å². The second-order valence-electron chi connectivity index (χ2n) is 5.23. The molecule has 0 atom stereocenters. The molecule has 0 aliphatic rings. The number of hydrogen-bond acceptors (Lipinski definition) is 6. The molecule has 3 aromatic rings. The summed E-state index contributed by atoms with van der Waals surface area (Å²) < 4.78 is 16.1. The SMILES string of the molecule is COc1ccc(-c2csc(/C(C#N)=C\c3ccc(C)o3)n2)cc1OC. The Balaban J connectivity index is 1.94. The van der Waals surface area contributed by atoms with Gasteiger partial charge in [0.2, 0.25) is 0 Å². The van der Waals surface area contributed by atoms with Gasteiger partial charge in [-0.25, -0.2) is 4.98 Å². The number of rotatable bonds is 5. The summed E-state index contributed by atoms with van der Waals surface area (Å²) in [7, 11) is 3.19. The minimum absolute atomic E-state index is 0.464. The summed E-state index contributed by atoms with van der Waals surface area (Å²) >= 11 is 1.41. The van der Waals surface area contributed by atoms with Crippen LogP contribution in [0.25, 0.3) is 22.9 Å². The van der Waals surface area contributed by atoms with Gasteiger partial charge in [-0.3, -0.25) is 0 Å². The van der Waals surface area contributed by atoms with E-state index in [9.17, 15) is 5.26 Å². The third-order valence-electron chi connectivity index (χ3n) is 3.58. The minimum atomic E-state index is 0.464. The highest BCUT2D eigenvalue weighted by molar-refractivity contribution is 7.11. The molecule has 0 N–H and O–H groups in total. The summed E-state index contributed by atoms with van der Waals surface area (Å²) in [6.45, 7) is 1.86. The average Bonchev–Trinajstić information content (AvgIpc) is 3.28. The molecule has 0 spiro atoms. The van der Waals surface area contributed by atoms with Gasteiger partial charge >= 0.3 is 0 Å². The van der Waals surface area contributed by atoms with Gasteiger partial charge in [0.15, 0.2) is 11.5 Å². The summed E-state index contributed by atoms with van der Waals surface area (Å²) in [6, 6.07) is 11.5. The molecule has 5 nitrogen and oxygen atoms in total. The lowest BCUT2D eigenvalue weighted by molar-refractivity contribution is 0.355. The fraction of sp³-hybridized carbons (Fsp3) is 0.158. The Labute approximate surface area is 149 Å². The molecule has 0 aliphatic carbocycles. The molecule has 0 amide bonds. The Morgan fingerprint density at radius 3 is 2.64 bits per heavy atom. The van der Waals surface area contributed by atoms with Crippen molar-refractivity contribution in [2.75, 3.05) is 14.2 Å². The van der Waals surface area contributed by atoms with Crippen LogP contribution in [-0.4, -0.2) is 19.2 Å². The largest absolute Gasteiger partial charge is 0.493 e. The van der Waals surface area contributed by atoms with E-state index in [2.05, 4.69) is 11.1 Å². The summed E-state index contributed by atoms with van der Waals surface area (Å²) in [6.07, 6.45) is 1.70. The van der Waals surface area contributed by atoms with Gasteiger partial charge in [0, 0.05) is 17.0 Å². The normalized spacial score (nSPS) is 11.2. The summed E-state index contributed by atoms with van der Waals surface area (Å²) in [5.41, 5.74) is 2.13. The van der Waals surface area contributed by atoms with Crippen LogP contribution in [0.5, 0.6) is 11.5 Å². The topological polar surface area (TPSA) is 68.3 Å². The van der Waals surface area contributed by atoms with Gasteiger partial charge in [0.1, 0.15) is 22.6 Å². The first-order valence-corrected chi connectivity index (χ1v) is 8.39. The molecule has 0 saturated carbocycles. The Morgan fingerprint density at radius 2 is 2.00 bits per heavy atom. The molecule has 3 rings (SSSR count). The van der Waals surface area contributed by atoms with Gasteiger partial charge in [-0.05, 0) is 37.3 Å². The molecule has 0 fully saturated rings. The van der Waals surface area contributed by atoms with E-state index in [1.807, 2.05) is 42.6 Å². The molecule has 2 heterocycles. The zero-order valence-electron chi connectivity index (χ0n) is 14.1. The third-order valence-corrected chi connectivity index (χ3v) is 4.46. The molecular formula is C19H16N2O3S. The maximum atomic E-state index is 9.45. The summed E-state index contributed by atoms with van der Waals surface area (Å²) in [5, 5.41) is 12.0. The van der Waals surface area contributed by atoms with Gasteiger partial charge in [-0.2, -0.15) is 5.26 Å². The first-order chi connectivity index (χ1) is 12.1. The number of furan rings is 1. The van der Waals surface area contributed by atoms with Crippen LogP contribution in [0.4, 0.5) is 0 Å². The van der Waals surface area contributed by atoms with Crippen LogP contribution >= 0.6 is 11.3 Å². The highest BCUT2D eigenvalue weighted by Crippen LogP contribution is 2.33. The third kappa shape index (κ3) is 3.57. The van der Waals surface area contributed by atoms with Crippen molar-refractivity contribution in [1.29, 1.82) is 5.26 Å². The number of nitriles is 1. The van der Waals surface area contributed by atoms with Gasteiger partial charge in [-0.15, -0.1) is 11.3 Å². The Morgan fingerprint density at radius 1 is 1.20 bits per heavy atom. The van der Waals surface area contributed by atoms with Gasteiger partial charge in [0.05, 0.1) is 25.5 Å². The number of benzene rings is 1. The predicted molar refractivity (Wildman–Crippen MR) is 97.6 cm³/mol. The molecule has 0 saturated heterocycles. The van der Waals surface area contributed by atoms with Crippen molar-refractivity contribution in [2.24, 2.45) is 0 Å². The average molecular weight is 352 g/mol. The van der Waals surface area contributed by atoms with Crippen LogP contribution < -0.4 is 9.47 Å². The molecule has 25 heavy (non-hydrogen) atoms. The number of allylic oxidation sites excluding steroid dienone is 1. The van der Waals surface area contributed by atoms with Gasteiger partial charge in [-0.1, -0.05) is 0 Å². The number of aryl methyl sites for hydroxylation is 1. The first kappa shape index (κ1) is 16.8. The molecule has 0 aliphatic heterocycles. The van der Waals surface area contributed by atoms with Crippen LogP contribution in [0.3, 0.4) is 0 Å². The van der Waals surface area contributed by atoms with Crippen LogP contribution in [0, 0.1) is 18.3 Å². The maximum absolute atomic E-state index is 9.45. The number of methoxy groups -OCH3 is 2. The van der Waals surface area contributed by atoms with E-state index in [1.165, 1.54) is 11.3 Å². The Bertz CT molecular complexity index is 963. The van der Waals surface area contributed by atoms with E-state index in [0.29, 0.717) is 27.8 Å². The summed E-state index contributed by atoms with van der Waals surface area (Å²) in [5.74, 6) is 2.73. The highest BCUT2D eigenvalue weighted by Gasteiger charge is 2.12. The van der Waals surface area contributed by atoms with E-state index in [4.69, 9.17) is 13.9 Å². The molecule has 0 radical (unpaired) electrons. The number of nitrogens with zero attached hydrogens (tertiary/aromatic N) is 2. The quantitative estimate of drug-likeness (QED) is 0.617. The lowest BCUT2D eigenvalue weighted by Gasteiger charge is -2.08. The number of hydrogen-bond donors (Lipinski definition) is 0. The molecule has 1 aromatic carbocycles. The summed E-state index contributed by atoms with van der Waals surface area (Å²) in [4.78, 5) is 4.58. The Hall–Kier alpha value is -3.04. The van der Waals surface area contributed by atoms with E-state index in [1.54, 1.807) is 20.3 Å².